The lowest BCUT2D eigenvalue weighted by atomic mass is 10.1. The number of nitrogens with one attached hydrogen (secondary N) is 1. The predicted octanol–water partition coefficient (Wildman–Crippen LogP) is 3.16. The highest BCUT2D eigenvalue weighted by Crippen LogP contribution is 2.30. The van der Waals surface area contributed by atoms with Gasteiger partial charge < -0.3 is 9.47 Å². The zero-order chi connectivity index (χ0) is 14.6. The number of benzene rings is 1. The number of aldehydes is 1. The van der Waals surface area contributed by atoms with Crippen molar-refractivity contribution in [2.75, 3.05) is 12.4 Å². The number of rotatable bonds is 3. The Hall–Kier alpha value is -2.04. The number of carbonyl (C=O) groups excluding carboxylic acids is 2. The number of hydrogen-bond donors (Lipinski definition) is 1. The lowest BCUT2D eigenvalue weighted by Gasteiger charge is -2.20. The van der Waals surface area contributed by atoms with E-state index in [1.54, 1.807) is 39.8 Å². The molecule has 0 spiro atoms. The Labute approximate surface area is 112 Å². The highest BCUT2D eigenvalue weighted by Gasteiger charge is 2.18. The molecule has 0 atom stereocenters. The Morgan fingerprint density at radius 1 is 1.32 bits per heavy atom. The third-order valence-corrected chi connectivity index (χ3v) is 2.27. The van der Waals surface area contributed by atoms with Gasteiger partial charge in [-0.05, 0) is 45.4 Å². The van der Waals surface area contributed by atoms with E-state index in [1.165, 1.54) is 7.11 Å². The molecule has 0 aliphatic rings. The minimum absolute atomic E-state index is 0.416. The first kappa shape index (κ1) is 15.0. The first-order chi connectivity index (χ1) is 8.76. The highest BCUT2D eigenvalue weighted by atomic mass is 16.6. The average molecular weight is 265 g/mol. The second-order valence-corrected chi connectivity index (χ2v) is 5.16. The monoisotopic (exact) mass is 265 g/mol. The number of amides is 1. The van der Waals surface area contributed by atoms with Crippen molar-refractivity contribution in [2.24, 2.45) is 0 Å². The van der Waals surface area contributed by atoms with Gasteiger partial charge in [-0.3, -0.25) is 10.1 Å². The van der Waals surface area contributed by atoms with Crippen molar-refractivity contribution in [3.8, 4) is 5.75 Å². The molecule has 0 aliphatic carbocycles. The third-order valence-electron chi connectivity index (χ3n) is 2.27. The Morgan fingerprint density at radius 2 is 1.95 bits per heavy atom. The van der Waals surface area contributed by atoms with Crippen LogP contribution in [0.5, 0.6) is 5.75 Å². The Bertz CT molecular complexity index is 489. The van der Waals surface area contributed by atoms with Crippen LogP contribution in [0.25, 0.3) is 0 Å². The summed E-state index contributed by atoms with van der Waals surface area (Å²) in [6.07, 6.45) is 0.125. The lowest BCUT2D eigenvalue weighted by molar-refractivity contribution is 0.0635. The molecule has 1 amide bonds. The predicted molar refractivity (Wildman–Crippen MR) is 73.0 cm³/mol. The highest BCUT2D eigenvalue weighted by molar-refractivity contribution is 5.90. The van der Waals surface area contributed by atoms with Crippen LogP contribution in [0.15, 0.2) is 12.1 Å². The van der Waals surface area contributed by atoms with Crippen LogP contribution in [0.2, 0.25) is 0 Å². The van der Waals surface area contributed by atoms with Gasteiger partial charge in [-0.15, -0.1) is 0 Å². The van der Waals surface area contributed by atoms with E-state index in [1.807, 2.05) is 0 Å². The van der Waals surface area contributed by atoms with Gasteiger partial charge in [0.25, 0.3) is 0 Å². The molecule has 1 aromatic rings. The topological polar surface area (TPSA) is 64.6 Å². The standard InChI is InChI=1S/C14H19NO4/c1-9-6-10(8-16)7-11(12(9)18-5)15-13(17)19-14(2,3)4/h6-8H,1-5H3,(H,15,17). The van der Waals surface area contributed by atoms with Crippen LogP contribution in [-0.2, 0) is 4.74 Å². The van der Waals surface area contributed by atoms with Crippen molar-refractivity contribution in [3.63, 3.8) is 0 Å². The van der Waals surface area contributed by atoms with Gasteiger partial charge in [0.1, 0.15) is 17.6 Å². The van der Waals surface area contributed by atoms with Crippen molar-refractivity contribution in [1.29, 1.82) is 0 Å². The zero-order valence-corrected chi connectivity index (χ0v) is 11.9. The maximum absolute atomic E-state index is 11.7. The molecule has 0 saturated heterocycles. The summed E-state index contributed by atoms with van der Waals surface area (Å²) in [6.45, 7) is 7.12. The molecule has 0 radical (unpaired) electrons. The molecule has 5 nitrogen and oxygen atoms in total. The van der Waals surface area contributed by atoms with Crippen molar-refractivity contribution in [1.82, 2.24) is 0 Å². The second kappa shape index (κ2) is 5.73. The molecule has 1 rings (SSSR count). The molecule has 104 valence electrons. The van der Waals surface area contributed by atoms with Gasteiger partial charge in [-0.1, -0.05) is 0 Å². The molecule has 0 bridgehead atoms. The molecule has 0 saturated carbocycles. The number of aryl methyl sites for hydroxylation is 1. The van der Waals surface area contributed by atoms with Crippen LogP contribution in [0.1, 0.15) is 36.7 Å². The fourth-order valence-electron chi connectivity index (χ4n) is 1.65. The number of anilines is 1. The molecule has 5 heteroatoms. The minimum Gasteiger partial charge on any atom is -0.494 e. The summed E-state index contributed by atoms with van der Waals surface area (Å²) < 4.78 is 10.4. The van der Waals surface area contributed by atoms with Gasteiger partial charge in [0, 0.05) is 5.56 Å². The van der Waals surface area contributed by atoms with E-state index in [0.29, 0.717) is 23.3 Å². The molecule has 0 fully saturated rings. The molecular formula is C14H19NO4. The molecule has 0 heterocycles. The van der Waals surface area contributed by atoms with Gasteiger partial charge in [0.15, 0.2) is 0 Å². The van der Waals surface area contributed by atoms with E-state index in [-0.39, 0.29) is 0 Å². The average Bonchev–Trinajstić information content (AvgIpc) is 2.25. The number of hydrogen-bond acceptors (Lipinski definition) is 4. The van der Waals surface area contributed by atoms with Crippen molar-refractivity contribution < 1.29 is 19.1 Å². The summed E-state index contributed by atoms with van der Waals surface area (Å²) in [7, 11) is 1.50. The Balaban J connectivity index is 3.02. The van der Waals surface area contributed by atoms with Crippen molar-refractivity contribution in [2.45, 2.75) is 33.3 Å². The van der Waals surface area contributed by atoms with Gasteiger partial charge in [0.2, 0.25) is 0 Å². The van der Waals surface area contributed by atoms with E-state index < -0.39 is 11.7 Å². The summed E-state index contributed by atoms with van der Waals surface area (Å²) in [5.74, 6) is 0.511. The number of carbonyl (C=O) groups is 2. The van der Waals surface area contributed by atoms with Crippen LogP contribution >= 0.6 is 0 Å². The molecule has 0 aliphatic heterocycles. The maximum atomic E-state index is 11.7. The third kappa shape index (κ3) is 4.28. The van der Waals surface area contributed by atoms with E-state index >= 15 is 0 Å². The lowest BCUT2D eigenvalue weighted by Crippen LogP contribution is -2.27. The fourth-order valence-corrected chi connectivity index (χ4v) is 1.65. The molecule has 0 aromatic heterocycles. The largest absolute Gasteiger partial charge is 0.494 e. The van der Waals surface area contributed by atoms with Crippen LogP contribution in [0, 0.1) is 6.92 Å². The number of methoxy groups -OCH3 is 1. The van der Waals surface area contributed by atoms with E-state index in [0.717, 1.165) is 5.56 Å². The van der Waals surface area contributed by atoms with Crippen LogP contribution in [0.4, 0.5) is 10.5 Å². The summed E-state index contributed by atoms with van der Waals surface area (Å²) in [5, 5.41) is 2.59. The quantitative estimate of drug-likeness (QED) is 0.852. The summed E-state index contributed by atoms with van der Waals surface area (Å²) >= 11 is 0. The minimum atomic E-state index is -0.590. The van der Waals surface area contributed by atoms with E-state index in [4.69, 9.17) is 9.47 Å². The fraction of sp³-hybridized carbons (Fsp3) is 0.429. The first-order valence-electron chi connectivity index (χ1n) is 5.90. The maximum Gasteiger partial charge on any atom is 0.412 e. The van der Waals surface area contributed by atoms with Gasteiger partial charge in [0.05, 0.1) is 12.8 Å². The molecule has 0 unspecified atom stereocenters. The zero-order valence-electron chi connectivity index (χ0n) is 11.9. The molecule has 19 heavy (non-hydrogen) atoms. The smallest absolute Gasteiger partial charge is 0.412 e. The van der Waals surface area contributed by atoms with Crippen LogP contribution in [-0.4, -0.2) is 25.1 Å². The Morgan fingerprint density at radius 3 is 2.42 bits per heavy atom. The van der Waals surface area contributed by atoms with Gasteiger partial charge >= 0.3 is 6.09 Å². The second-order valence-electron chi connectivity index (χ2n) is 5.16. The van der Waals surface area contributed by atoms with Crippen molar-refractivity contribution in [3.05, 3.63) is 23.3 Å². The van der Waals surface area contributed by atoms with Gasteiger partial charge in [-0.2, -0.15) is 0 Å². The van der Waals surface area contributed by atoms with Crippen LogP contribution < -0.4 is 10.1 Å². The van der Waals surface area contributed by atoms with E-state index in [2.05, 4.69) is 5.32 Å². The number of ether oxygens (including phenoxy) is 2. The Kier molecular flexibility index (Phi) is 4.53. The van der Waals surface area contributed by atoms with Crippen LogP contribution in [0.3, 0.4) is 0 Å². The first-order valence-corrected chi connectivity index (χ1v) is 5.90. The normalized spacial score (nSPS) is 10.8. The molecule has 1 N–H and O–H groups in total. The summed E-state index contributed by atoms with van der Waals surface area (Å²) in [4.78, 5) is 22.6. The summed E-state index contributed by atoms with van der Waals surface area (Å²) in [6, 6.07) is 3.23. The molecular weight excluding hydrogens is 246 g/mol. The molecule has 1 aromatic carbocycles. The van der Waals surface area contributed by atoms with Crippen molar-refractivity contribution >= 4 is 18.1 Å². The van der Waals surface area contributed by atoms with Gasteiger partial charge in [-0.25, -0.2) is 4.79 Å². The SMILES string of the molecule is COc1c(C)cc(C=O)cc1NC(=O)OC(C)(C)C. The summed E-state index contributed by atoms with van der Waals surface area (Å²) in [5.41, 5.74) is 1.05. The van der Waals surface area contributed by atoms with E-state index in [9.17, 15) is 9.59 Å².